The summed E-state index contributed by atoms with van der Waals surface area (Å²) in [5, 5.41) is 28.8. The number of carbonyl (C=O) groups is 5. The third kappa shape index (κ3) is 12.5. The molecule has 0 spiro atoms. The standard InChI is InChI=1S/C24H42N4O9/c1-18(13-19(30)24(2,3)4)22(23(35)36)28-11-9-26(15-21(33)34)6-5-25(14-20(31)32)7-8-27(10-12-28)16-37-17-29/h17-18,22H,5-16H2,1-4H3,(H,31,32)(H,33,34)(H,35,36). The molecule has 3 N–H and O–H groups in total. The van der Waals surface area contributed by atoms with Crippen molar-refractivity contribution in [2.24, 2.45) is 11.3 Å². The number of ketones is 1. The lowest BCUT2D eigenvalue weighted by Crippen LogP contribution is -2.53. The van der Waals surface area contributed by atoms with Gasteiger partial charge in [-0.15, -0.1) is 0 Å². The minimum atomic E-state index is -1.07. The van der Waals surface area contributed by atoms with Gasteiger partial charge in [-0.1, -0.05) is 27.7 Å². The Labute approximate surface area is 217 Å². The predicted molar refractivity (Wildman–Crippen MR) is 133 cm³/mol. The van der Waals surface area contributed by atoms with Crippen molar-refractivity contribution in [2.75, 3.05) is 72.2 Å². The molecule has 1 fully saturated rings. The highest BCUT2D eigenvalue weighted by atomic mass is 16.5. The highest BCUT2D eigenvalue weighted by Gasteiger charge is 2.35. The minimum absolute atomic E-state index is 0.0425. The van der Waals surface area contributed by atoms with Gasteiger partial charge in [-0.2, -0.15) is 0 Å². The Morgan fingerprint density at radius 2 is 1.24 bits per heavy atom. The van der Waals surface area contributed by atoms with E-state index in [9.17, 15) is 39.3 Å². The van der Waals surface area contributed by atoms with Gasteiger partial charge in [0.05, 0.1) is 13.1 Å². The second-order valence-electron chi connectivity index (χ2n) is 10.5. The number of Topliss-reactive ketones (excluding diaryl/α,β-unsaturated/α-hetero) is 1. The van der Waals surface area contributed by atoms with Crippen LogP contribution < -0.4 is 0 Å². The molecule has 1 rings (SSSR count). The highest BCUT2D eigenvalue weighted by Crippen LogP contribution is 2.24. The fourth-order valence-electron chi connectivity index (χ4n) is 4.26. The van der Waals surface area contributed by atoms with E-state index in [1.807, 2.05) is 0 Å². The molecule has 1 aliphatic rings. The normalized spacial score (nSPS) is 19.7. The van der Waals surface area contributed by atoms with Crippen LogP contribution in [0.2, 0.25) is 0 Å². The summed E-state index contributed by atoms with van der Waals surface area (Å²) in [5.41, 5.74) is -0.609. The molecule has 0 radical (unpaired) electrons. The van der Waals surface area contributed by atoms with Crippen LogP contribution in [0.25, 0.3) is 0 Å². The van der Waals surface area contributed by atoms with E-state index in [-0.39, 0.29) is 58.2 Å². The molecule has 1 aliphatic heterocycles. The second-order valence-corrected chi connectivity index (χ2v) is 10.5. The zero-order valence-electron chi connectivity index (χ0n) is 22.3. The molecule has 0 aliphatic carbocycles. The first kappa shape index (κ1) is 32.4. The molecule has 1 heterocycles. The molecule has 1 saturated heterocycles. The molecule has 2 unspecified atom stereocenters. The van der Waals surface area contributed by atoms with Crippen LogP contribution in [-0.4, -0.2) is 143 Å². The van der Waals surface area contributed by atoms with E-state index >= 15 is 0 Å². The smallest absolute Gasteiger partial charge is 0.321 e. The zero-order valence-corrected chi connectivity index (χ0v) is 22.3. The van der Waals surface area contributed by atoms with Crippen LogP contribution in [0.4, 0.5) is 0 Å². The number of aliphatic carboxylic acids is 3. The van der Waals surface area contributed by atoms with Gasteiger partial charge in [-0.25, -0.2) is 0 Å². The topological polar surface area (TPSA) is 168 Å². The fourth-order valence-corrected chi connectivity index (χ4v) is 4.26. The van der Waals surface area contributed by atoms with E-state index in [1.54, 1.807) is 47.3 Å². The summed E-state index contributed by atoms with van der Waals surface area (Å²) in [4.78, 5) is 65.5. The van der Waals surface area contributed by atoms with Crippen molar-refractivity contribution in [3.63, 3.8) is 0 Å². The number of hydrogen-bond acceptors (Lipinski definition) is 10. The summed E-state index contributed by atoms with van der Waals surface area (Å²) in [7, 11) is 0. The van der Waals surface area contributed by atoms with Gasteiger partial charge in [0.25, 0.3) is 6.47 Å². The number of carboxylic acid groups (broad SMARTS) is 3. The van der Waals surface area contributed by atoms with Crippen molar-refractivity contribution in [2.45, 2.75) is 40.2 Å². The lowest BCUT2D eigenvalue weighted by Gasteiger charge is -2.37. The average molecular weight is 531 g/mol. The van der Waals surface area contributed by atoms with Gasteiger partial charge >= 0.3 is 17.9 Å². The lowest BCUT2D eigenvalue weighted by molar-refractivity contribution is -0.147. The second kappa shape index (κ2) is 15.6. The molecular formula is C24H42N4O9. The predicted octanol–water partition coefficient (Wildman–Crippen LogP) is -0.398. The van der Waals surface area contributed by atoms with Crippen LogP contribution in [-0.2, 0) is 28.7 Å². The molecule has 0 aromatic heterocycles. The first-order valence-corrected chi connectivity index (χ1v) is 12.4. The monoisotopic (exact) mass is 530 g/mol. The molecule has 37 heavy (non-hydrogen) atoms. The van der Waals surface area contributed by atoms with Gasteiger partial charge in [-0.05, 0) is 5.92 Å². The molecule has 0 aromatic rings. The number of nitrogens with zero attached hydrogens (tertiary/aromatic N) is 4. The van der Waals surface area contributed by atoms with Gasteiger partial charge in [0.2, 0.25) is 0 Å². The van der Waals surface area contributed by atoms with Crippen LogP contribution in [0.3, 0.4) is 0 Å². The van der Waals surface area contributed by atoms with Gasteiger partial charge in [-0.3, -0.25) is 43.6 Å². The number of rotatable bonds is 12. The Balaban J connectivity index is 3.22. The lowest BCUT2D eigenvalue weighted by atomic mass is 9.83. The summed E-state index contributed by atoms with van der Waals surface area (Å²) < 4.78 is 4.91. The quantitative estimate of drug-likeness (QED) is 0.279. The maximum Gasteiger partial charge on any atom is 0.321 e. The van der Waals surface area contributed by atoms with Crippen LogP contribution in [0.1, 0.15) is 34.1 Å². The Bertz CT molecular complexity index is 787. The van der Waals surface area contributed by atoms with E-state index < -0.39 is 35.3 Å². The Morgan fingerprint density at radius 3 is 1.65 bits per heavy atom. The van der Waals surface area contributed by atoms with Crippen molar-refractivity contribution < 1.29 is 44.0 Å². The molecule has 0 aromatic carbocycles. The van der Waals surface area contributed by atoms with Crippen LogP contribution in [0.15, 0.2) is 0 Å². The number of carboxylic acids is 3. The summed E-state index contributed by atoms with van der Waals surface area (Å²) >= 11 is 0. The first-order chi connectivity index (χ1) is 17.2. The van der Waals surface area contributed by atoms with Gasteiger partial charge < -0.3 is 20.1 Å². The molecule has 2 atom stereocenters. The minimum Gasteiger partial charge on any atom is -0.480 e. The Hall–Kier alpha value is -2.61. The van der Waals surface area contributed by atoms with Gasteiger partial charge in [0.1, 0.15) is 18.6 Å². The number of ether oxygens (including phenoxy) is 1. The van der Waals surface area contributed by atoms with Crippen LogP contribution in [0, 0.1) is 11.3 Å². The van der Waals surface area contributed by atoms with Crippen molar-refractivity contribution in [1.82, 2.24) is 19.6 Å². The van der Waals surface area contributed by atoms with E-state index in [0.717, 1.165) is 0 Å². The molecule has 0 amide bonds. The third-order valence-corrected chi connectivity index (χ3v) is 6.44. The Morgan fingerprint density at radius 1 is 0.811 bits per heavy atom. The van der Waals surface area contributed by atoms with Crippen LogP contribution >= 0.6 is 0 Å². The SMILES string of the molecule is CC(CC(=O)C(C)(C)C)C(C(=O)O)N1CCN(COC=O)CCN(CC(=O)O)CCN(CC(=O)O)CC1. The maximum absolute atomic E-state index is 12.7. The fraction of sp³-hybridized carbons (Fsp3) is 0.792. The van der Waals surface area contributed by atoms with E-state index in [4.69, 9.17) is 4.74 Å². The first-order valence-electron chi connectivity index (χ1n) is 12.4. The Kier molecular flexibility index (Phi) is 13.7. The van der Waals surface area contributed by atoms with Gasteiger partial charge in [0.15, 0.2) is 0 Å². The van der Waals surface area contributed by atoms with Crippen molar-refractivity contribution >= 4 is 30.2 Å². The molecule has 13 heteroatoms. The third-order valence-electron chi connectivity index (χ3n) is 6.44. The molecule has 0 saturated carbocycles. The maximum atomic E-state index is 12.7. The molecule has 0 bridgehead atoms. The van der Waals surface area contributed by atoms with Crippen LogP contribution in [0.5, 0.6) is 0 Å². The van der Waals surface area contributed by atoms with E-state index in [1.165, 1.54) is 0 Å². The zero-order chi connectivity index (χ0) is 28.2. The largest absolute Gasteiger partial charge is 0.480 e. The molecular weight excluding hydrogens is 488 g/mol. The molecule has 212 valence electrons. The van der Waals surface area contributed by atoms with Crippen molar-refractivity contribution in [3.8, 4) is 0 Å². The van der Waals surface area contributed by atoms with Crippen molar-refractivity contribution in [3.05, 3.63) is 0 Å². The summed E-state index contributed by atoms with van der Waals surface area (Å²) in [5.74, 6) is -3.68. The molecule has 13 nitrogen and oxygen atoms in total. The highest BCUT2D eigenvalue weighted by molar-refractivity contribution is 5.85. The van der Waals surface area contributed by atoms with E-state index in [2.05, 4.69) is 0 Å². The summed E-state index contributed by atoms with van der Waals surface area (Å²) in [6.45, 7) is 9.14. The average Bonchev–Trinajstić information content (AvgIpc) is 2.76. The van der Waals surface area contributed by atoms with Crippen molar-refractivity contribution in [1.29, 1.82) is 0 Å². The van der Waals surface area contributed by atoms with E-state index in [0.29, 0.717) is 32.7 Å². The summed E-state index contributed by atoms with van der Waals surface area (Å²) in [6.07, 6.45) is 0.0813. The number of hydrogen-bond donors (Lipinski definition) is 3. The number of carbonyl (C=O) groups excluding carboxylic acids is 2. The van der Waals surface area contributed by atoms with Gasteiger partial charge in [0, 0.05) is 64.2 Å². The summed E-state index contributed by atoms with van der Waals surface area (Å²) in [6, 6.07) is -0.988.